The van der Waals surface area contributed by atoms with Gasteiger partial charge in [-0.25, -0.2) is 8.42 Å². The quantitative estimate of drug-likeness (QED) is 0.860. The third kappa shape index (κ3) is 3.14. The molecule has 1 N–H and O–H groups in total. The van der Waals surface area contributed by atoms with Crippen LogP contribution in [-0.2, 0) is 14.6 Å². The Morgan fingerprint density at radius 1 is 1.25 bits per heavy atom. The minimum atomic E-state index is -3.52. The van der Waals surface area contributed by atoms with Crippen molar-refractivity contribution in [2.24, 2.45) is 4.99 Å². The molecular formula is C14H15NO4S. The highest BCUT2D eigenvalue weighted by Gasteiger charge is 2.21. The van der Waals surface area contributed by atoms with E-state index in [0.29, 0.717) is 6.42 Å². The van der Waals surface area contributed by atoms with Crippen molar-refractivity contribution < 1.29 is 18.3 Å². The highest BCUT2D eigenvalue weighted by Crippen LogP contribution is 2.19. The maximum Gasteiger partial charge on any atom is 0.198 e. The van der Waals surface area contributed by atoms with E-state index < -0.39 is 15.7 Å². The normalized spacial score (nSPS) is 16.4. The molecule has 1 aromatic carbocycles. The standard InChI is InChI=1S/C14H15NO4S/c1-10-2-4-11(5-3-10)20(18,19)9-15-8-12-13(16)6-7-14(12)17/h2-5,8,16H,6-7,9H2,1H3. The number of benzene rings is 1. The molecular weight excluding hydrogens is 278 g/mol. The summed E-state index contributed by atoms with van der Waals surface area (Å²) in [5.41, 5.74) is 1.09. The number of aryl methyl sites for hydroxylation is 1. The van der Waals surface area contributed by atoms with Gasteiger partial charge in [0.15, 0.2) is 15.6 Å². The molecule has 0 saturated heterocycles. The van der Waals surface area contributed by atoms with Gasteiger partial charge in [-0.05, 0) is 19.1 Å². The van der Waals surface area contributed by atoms with Crippen LogP contribution < -0.4 is 0 Å². The molecule has 0 aromatic heterocycles. The van der Waals surface area contributed by atoms with E-state index in [4.69, 9.17) is 0 Å². The topological polar surface area (TPSA) is 83.8 Å². The molecule has 20 heavy (non-hydrogen) atoms. The number of ketones is 1. The SMILES string of the molecule is Cc1ccc(S(=O)(=O)CN=CC2=C(O)CCC2=O)cc1. The lowest BCUT2D eigenvalue weighted by molar-refractivity contribution is -0.114. The molecule has 0 heterocycles. The Morgan fingerprint density at radius 3 is 2.45 bits per heavy atom. The number of nitrogens with zero attached hydrogens (tertiary/aromatic N) is 1. The van der Waals surface area contributed by atoms with Crippen LogP contribution >= 0.6 is 0 Å². The minimum Gasteiger partial charge on any atom is -0.511 e. The number of carbonyl (C=O) groups excluding carboxylic acids is 1. The number of allylic oxidation sites excluding steroid dienone is 2. The molecule has 0 bridgehead atoms. The summed E-state index contributed by atoms with van der Waals surface area (Å²) in [6, 6.07) is 6.48. The second-order valence-electron chi connectivity index (χ2n) is 4.65. The number of hydrogen-bond donors (Lipinski definition) is 1. The van der Waals surface area contributed by atoms with Gasteiger partial charge in [0.2, 0.25) is 0 Å². The molecule has 0 saturated carbocycles. The van der Waals surface area contributed by atoms with Crippen LogP contribution in [0.15, 0.2) is 45.5 Å². The lowest BCUT2D eigenvalue weighted by atomic mass is 10.2. The van der Waals surface area contributed by atoms with Crippen molar-refractivity contribution in [3.8, 4) is 0 Å². The number of aliphatic hydroxyl groups is 1. The lowest BCUT2D eigenvalue weighted by Gasteiger charge is -2.01. The highest BCUT2D eigenvalue weighted by atomic mass is 32.2. The van der Waals surface area contributed by atoms with E-state index in [2.05, 4.69) is 4.99 Å². The first-order valence-electron chi connectivity index (χ1n) is 6.15. The smallest absolute Gasteiger partial charge is 0.198 e. The summed E-state index contributed by atoms with van der Waals surface area (Å²) in [6.45, 7) is 1.87. The van der Waals surface area contributed by atoms with E-state index in [1.165, 1.54) is 12.1 Å². The molecule has 1 aliphatic rings. The van der Waals surface area contributed by atoms with Gasteiger partial charge in [0.25, 0.3) is 0 Å². The summed E-state index contributed by atoms with van der Waals surface area (Å²) in [5.74, 6) is -0.675. The molecule has 0 radical (unpaired) electrons. The Hall–Kier alpha value is -1.95. The fraction of sp³-hybridized carbons (Fsp3) is 0.286. The van der Waals surface area contributed by atoms with Gasteiger partial charge >= 0.3 is 0 Å². The van der Waals surface area contributed by atoms with Crippen LogP contribution in [0, 0.1) is 6.92 Å². The maximum absolute atomic E-state index is 12.0. The van der Waals surface area contributed by atoms with Crippen molar-refractivity contribution in [1.29, 1.82) is 0 Å². The molecule has 2 rings (SSSR count). The summed E-state index contributed by atoms with van der Waals surface area (Å²) in [4.78, 5) is 15.4. The Kier molecular flexibility index (Phi) is 4.04. The summed E-state index contributed by atoms with van der Waals surface area (Å²) in [7, 11) is -3.52. The van der Waals surface area contributed by atoms with Crippen LogP contribution in [0.4, 0.5) is 0 Å². The number of sulfone groups is 1. The monoisotopic (exact) mass is 293 g/mol. The lowest BCUT2D eigenvalue weighted by Crippen LogP contribution is -2.06. The van der Waals surface area contributed by atoms with Crippen molar-refractivity contribution in [2.75, 3.05) is 5.88 Å². The largest absolute Gasteiger partial charge is 0.511 e. The maximum atomic E-state index is 12.0. The zero-order valence-electron chi connectivity index (χ0n) is 11.0. The fourth-order valence-corrected chi connectivity index (χ4v) is 2.83. The molecule has 0 atom stereocenters. The van der Waals surface area contributed by atoms with Gasteiger partial charge in [-0.1, -0.05) is 17.7 Å². The van der Waals surface area contributed by atoms with Crippen LogP contribution in [-0.4, -0.2) is 31.4 Å². The van der Waals surface area contributed by atoms with Crippen molar-refractivity contribution in [2.45, 2.75) is 24.7 Å². The second kappa shape index (κ2) is 5.58. The van der Waals surface area contributed by atoms with E-state index in [9.17, 15) is 18.3 Å². The van der Waals surface area contributed by atoms with Crippen molar-refractivity contribution in [1.82, 2.24) is 0 Å². The first kappa shape index (κ1) is 14.5. The van der Waals surface area contributed by atoms with Crippen LogP contribution in [0.25, 0.3) is 0 Å². The van der Waals surface area contributed by atoms with E-state index in [0.717, 1.165) is 11.8 Å². The van der Waals surface area contributed by atoms with Crippen molar-refractivity contribution in [3.05, 3.63) is 41.2 Å². The zero-order chi connectivity index (χ0) is 14.8. The number of carbonyl (C=O) groups is 1. The third-order valence-electron chi connectivity index (χ3n) is 3.05. The summed E-state index contributed by atoms with van der Waals surface area (Å²) < 4.78 is 24.0. The molecule has 0 aliphatic heterocycles. The highest BCUT2D eigenvalue weighted by molar-refractivity contribution is 7.91. The van der Waals surface area contributed by atoms with Crippen LogP contribution in [0.3, 0.4) is 0 Å². The molecule has 0 spiro atoms. The Bertz CT molecular complexity index is 684. The number of rotatable bonds is 4. The molecule has 5 nitrogen and oxygen atoms in total. The fourth-order valence-electron chi connectivity index (χ4n) is 1.86. The average molecular weight is 293 g/mol. The van der Waals surface area contributed by atoms with Gasteiger partial charge < -0.3 is 5.11 Å². The molecule has 6 heteroatoms. The average Bonchev–Trinajstić information content (AvgIpc) is 2.71. The van der Waals surface area contributed by atoms with Crippen molar-refractivity contribution in [3.63, 3.8) is 0 Å². The van der Waals surface area contributed by atoms with Crippen molar-refractivity contribution >= 4 is 21.8 Å². The number of Topliss-reactive ketones (excluding diaryl/α,β-unsaturated/α-hetero) is 1. The Morgan fingerprint density at radius 2 is 1.90 bits per heavy atom. The molecule has 0 fully saturated rings. The van der Waals surface area contributed by atoms with E-state index in [1.54, 1.807) is 12.1 Å². The second-order valence-corrected chi connectivity index (χ2v) is 6.61. The molecule has 1 aliphatic carbocycles. The molecule has 0 unspecified atom stereocenters. The van der Waals surface area contributed by atoms with E-state index >= 15 is 0 Å². The van der Waals surface area contributed by atoms with Gasteiger partial charge in [0, 0.05) is 19.1 Å². The first-order valence-corrected chi connectivity index (χ1v) is 7.80. The molecule has 106 valence electrons. The van der Waals surface area contributed by atoms with Gasteiger partial charge in [-0.2, -0.15) is 0 Å². The molecule has 0 amide bonds. The number of aliphatic hydroxyl groups excluding tert-OH is 1. The van der Waals surface area contributed by atoms with Gasteiger partial charge in [-0.15, -0.1) is 0 Å². The predicted octanol–water partition coefficient (Wildman–Crippen LogP) is 1.97. The van der Waals surface area contributed by atoms with Gasteiger partial charge in [-0.3, -0.25) is 9.79 Å². The Balaban J connectivity index is 2.12. The Labute approximate surface area is 117 Å². The van der Waals surface area contributed by atoms with Crippen LogP contribution in [0.5, 0.6) is 0 Å². The zero-order valence-corrected chi connectivity index (χ0v) is 11.9. The molecule has 1 aromatic rings. The third-order valence-corrected chi connectivity index (χ3v) is 4.52. The predicted molar refractivity (Wildman–Crippen MR) is 75.6 cm³/mol. The van der Waals surface area contributed by atoms with Gasteiger partial charge in [0.1, 0.15) is 11.6 Å². The van der Waals surface area contributed by atoms with E-state index in [1.807, 2.05) is 6.92 Å². The van der Waals surface area contributed by atoms with E-state index in [-0.39, 0.29) is 28.4 Å². The van der Waals surface area contributed by atoms with Crippen LogP contribution in [0.1, 0.15) is 18.4 Å². The number of aliphatic imine (C=N–C) groups is 1. The summed E-state index contributed by atoms with van der Waals surface area (Å²) >= 11 is 0. The van der Waals surface area contributed by atoms with Crippen LogP contribution in [0.2, 0.25) is 0 Å². The minimum absolute atomic E-state index is 0.0218. The summed E-state index contributed by atoms with van der Waals surface area (Å²) in [6.07, 6.45) is 1.69. The first-order chi connectivity index (χ1) is 9.40. The van der Waals surface area contributed by atoms with Gasteiger partial charge in [0.05, 0.1) is 10.5 Å². The summed E-state index contributed by atoms with van der Waals surface area (Å²) in [5, 5.41) is 9.45. The number of hydrogen-bond acceptors (Lipinski definition) is 5.